The minimum Gasteiger partial charge on any atom is -0.344 e. The second-order valence-electron chi connectivity index (χ2n) is 11.0. The molecule has 4 amide bonds. The molecular formula is C25H36N4O6S. The molecule has 0 bridgehead atoms. The Bertz CT molecular complexity index is 1070. The smallest absolute Gasteiger partial charge is 0.259 e. The van der Waals surface area contributed by atoms with Crippen molar-refractivity contribution in [1.29, 1.82) is 0 Å². The fourth-order valence-electron chi connectivity index (χ4n) is 5.41. The molecule has 0 aromatic heterocycles. The number of carbonyl (C=O) groups excluding carboxylic acids is 4. The average molecular weight is 521 g/mol. The lowest BCUT2D eigenvalue weighted by Gasteiger charge is -2.30. The summed E-state index contributed by atoms with van der Waals surface area (Å²) < 4.78 is 27.1. The first-order valence-electron chi connectivity index (χ1n) is 13.4. The Labute approximate surface area is 212 Å². The van der Waals surface area contributed by atoms with Gasteiger partial charge in [0, 0.05) is 18.4 Å². The summed E-state index contributed by atoms with van der Waals surface area (Å²) in [6, 6.07) is -1.42. The molecule has 2 heterocycles. The highest BCUT2D eigenvalue weighted by Crippen LogP contribution is 2.46. The minimum atomic E-state index is -3.76. The van der Waals surface area contributed by atoms with Crippen molar-refractivity contribution in [3.8, 4) is 0 Å². The van der Waals surface area contributed by atoms with Crippen molar-refractivity contribution in [2.45, 2.75) is 99.9 Å². The Hall–Kier alpha value is -2.43. The zero-order valence-electron chi connectivity index (χ0n) is 20.5. The summed E-state index contributed by atoms with van der Waals surface area (Å²) >= 11 is 0. The molecule has 4 fully saturated rings. The van der Waals surface area contributed by atoms with E-state index in [9.17, 15) is 27.6 Å². The number of fused-ring (bicyclic) bond motifs is 2. The molecule has 198 valence electrons. The van der Waals surface area contributed by atoms with E-state index < -0.39 is 44.7 Å². The third kappa shape index (κ3) is 5.31. The summed E-state index contributed by atoms with van der Waals surface area (Å²) in [5.74, 6) is -1.81. The maximum absolute atomic E-state index is 13.5. The number of allylic oxidation sites excluding steroid dienone is 1. The van der Waals surface area contributed by atoms with E-state index in [1.54, 1.807) is 0 Å². The Morgan fingerprint density at radius 2 is 1.78 bits per heavy atom. The molecule has 2 aliphatic heterocycles. The van der Waals surface area contributed by atoms with Crippen LogP contribution in [0.1, 0.15) is 77.0 Å². The van der Waals surface area contributed by atoms with Crippen molar-refractivity contribution in [3.05, 3.63) is 12.2 Å². The molecule has 3 N–H and O–H groups in total. The predicted molar refractivity (Wildman–Crippen MR) is 131 cm³/mol. The van der Waals surface area contributed by atoms with Gasteiger partial charge in [0.15, 0.2) is 0 Å². The van der Waals surface area contributed by atoms with Crippen LogP contribution in [0.5, 0.6) is 0 Å². The van der Waals surface area contributed by atoms with E-state index in [1.807, 2.05) is 12.2 Å². The molecule has 3 aliphatic carbocycles. The van der Waals surface area contributed by atoms with Crippen LogP contribution in [0.2, 0.25) is 0 Å². The summed E-state index contributed by atoms with van der Waals surface area (Å²) in [5.41, 5.74) is -1.33. The lowest BCUT2D eigenvalue weighted by molar-refractivity contribution is -0.142. The van der Waals surface area contributed by atoms with Gasteiger partial charge in [0.1, 0.15) is 17.6 Å². The summed E-state index contributed by atoms with van der Waals surface area (Å²) in [5, 5.41) is 5.23. The molecule has 11 heteroatoms. The molecule has 5 rings (SSSR count). The van der Waals surface area contributed by atoms with Gasteiger partial charge in [-0.15, -0.1) is 0 Å². The molecule has 4 atom stereocenters. The fourth-order valence-corrected chi connectivity index (χ4v) is 6.77. The van der Waals surface area contributed by atoms with Crippen LogP contribution < -0.4 is 15.4 Å². The summed E-state index contributed by atoms with van der Waals surface area (Å²) in [6.45, 7) is 0.408. The van der Waals surface area contributed by atoms with Crippen LogP contribution >= 0.6 is 0 Å². The van der Waals surface area contributed by atoms with Crippen molar-refractivity contribution in [1.82, 2.24) is 20.3 Å². The first-order valence-corrected chi connectivity index (χ1v) is 14.9. The van der Waals surface area contributed by atoms with Gasteiger partial charge in [-0.3, -0.25) is 23.9 Å². The standard InChI is InChI=1S/C25H36N4O6S/c30-21(16-10-11-16)26-19-8-5-3-1-2-4-7-17-15-25(17,24(33)28-36(34,35)18-12-13-18)27-22(31)20-9-6-14-29(20)23(19)32/h4,7,16-20H,1-3,5-6,8-15H2,(H,26,30)(H,27,31)(H,28,33)/b7-4-/t17-,19-,20-,25+/m0/s1. The number of sulfonamides is 1. The van der Waals surface area contributed by atoms with E-state index in [1.165, 1.54) is 4.90 Å². The lowest BCUT2D eigenvalue weighted by Crippen LogP contribution is -2.58. The van der Waals surface area contributed by atoms with Crippen molar-refractivity contribution >= 4 is 33.7 Å². The highest BCUT2D eigenvalue weighted by atomic mass is 32.2. The second-order valence-corrected chi connectivity index (χ2v) is 13.0. The van der Waals surface area contributed by atoms with E-state index in [-0.39, 0.29) is 23.7 Å². The highest BCUT2D eigenvalue weighted by molar-refractivity contribution is 7.91. The predicted octanol–water partition coefficient (Wildman–Crippen LogP) is 0.876. The number of amides is 4. The van der Waals surface area contributed by atoms with Gasteiger partial charge < -0.3 is 15.5 Å². The lowest BCUT2D eigenvalue weighted by atomic mass is 10.0. The molecular weight excluding hydrogens is 484 g/mol. The van der Waals surface area contributed by atoms with Crippen LogP contribution in [-0.4, -0.2) is 66.4 Å². The number of carbonyl (C=O) groups is 4. The van der Waals surface area contributed by atoms with E-state index in [0.29, 0.717) is 45.1 Å². The Morgan fingerprint density at radius 1 is 1.00 bits per heavy atom. The summed E-state index contributed by atoms with van der Waals surface area (Å²) in [4.78, 5) is 54.1. The number of nitrogens with zero attached hydrogens (tertiary/aromatic N) is 1. The van der Waals surface area contributed by atoms with E-state index >= 15 is 0 Å². The number of hydrogen-bond acceptors (Lipinski definition) is 6. The molecule has 10 nitrogen and oxygen atoms in total. The SMILES string of the molecule is O=C(N[C@H]1CCCCC/C=C\[C@H]2C[C@@]2(C(=O)NS(=O)(=O)C2CC2)NC(=O)[C@@H]2CCCN2C1=O)C1CC1. The summed E-state index contributed by atoms with van der Waals surface area (Å²) in [7, 11) is -3.76. The van der Waals surface area contributed by atoms with Gasteiger partial charge in [-0.25, -0.2) is 8.42 Å². The van der Waals surface area contributed by atoms with Crippen molar-refractivity contribution in [2.24, 2.45) is 11.8 Å². The van der Waals surface area contributed by atoms with Gasteiger partial charge in [0.2, 0.25) is 27.7 Å². The molecule has 0 aromatic carbocycles. The zero-order valence-corrected chi connectivity index (χ0v) is 21.4. The third-order valence-electron chi connectivity index (χ3n) is 8.10. The van der Waals surface area contributed by atoms with Crippen LogP contribution in [-0.2, 0) is 29.2 Å². The maximum Gasteiger partial charge on any atom is 0.259 e. The van der Waals surface area contributed by atoms with Crippen LogP contribution in [0.3, 0.4) is 0 Å². The van der Waals surface area contributed by atoms with Crippen molar-refractivity contribution in [2.75, 3.05) is 6.54 Å². The summed E-state index contributed by atoms with van der Waals surface area (Å²) in [6.07, 6.45) is 11.9. The molecule has 1 saturated heterocycles. The quantitative estimate of drug-likeness (QED) is 0.460. The van der Waals surface area contributed by atoms with Gasteiger partial charge >= 0.3 is 0 Å². The van der Waals surface area contributed by atoms with E-state index in [0.717, 1.165) is 38.5 Å². The van der Waals surface area contributed by atoms with Crippen LogP contribution in [0, 0.1) is 11.8 Å². The maximum atomic E-state index is 13.5. The molecule has 36 heavy (non-hydrogen) atoms. The Balaban J connectivity index is 1.35. The molecule has 0 radical (unpaired) electrons. The van der Waals surface area contributed by atoms with Gasteiger partial charge in [-0.05, 0) is 64.2 Å². The average Bonchev–Trinajstić information content (AvgIpc) is 3.70. The van der Waals surface area contributed by atoms with E-state index in [4.69, 9.17) is 0 Å². The van der Waals surface area contributed by atoms with E-state index in [2.05, 4.69) is 15.4 Å². The fraction of sp³-hybridized carbons (Fsp3) is 0.760. The number of rotatable bonds is 5. The van der Waals surface area contributed by atoms with Crippen molar-refractivity contribution in [3.63, 3.8) is 0 Å². The molecule has 5 aliphatic rings. The number of hydrogen-bond donors (Lipinski definition) is 3. The van der Waals surface area contributed by atoms with Crippen LogP contribution in [0.4, 0.5) is 0 Å². The normalized spacial score (nSPS) is 34.3. The Morgan fingerprint density at radius 3 is 2.50 bits per heavy atom. The van der Waals surface area contributed by atoms with Crippen LogP contribution in [0.15, 0.2) is 12.2 Å². The number of nitrogens with one attached hydrogen (secondary N) is 3. The van der Waals surface area contributed by atoms with Gasteiger partial charge in [0.25, 0.3) is 5.91 Å². The zero-order chi connectivity index (χ0) is 25.5. The Kier molecular flexibility index (Phi) is 6.86. The monoisotopic (exact) mass is 520 g/mol. The molecule has 0 unspecified atom stereocenters. The van der Waals surface area contributed by atoms with Gasteiger partial charge in [-0.1, -0.05) is 25.0 Å². The molecule has 0 aromatic rings. The first kappa shape index (κ1) is 25.2. The first-order chi connectivity index (χ1) is 17.2. The van der Waals surface area contributed by atoms with Gasteiger partial charge in [-0.2, -0.15) is 0 Å². The molecule has 3 saturated carbocycles. The van der Waals surface area contributed by atoms with Crippen LogP contribution in [0.25, 0.3) is 0 Å². The topological polar surface area (TPSA) is 142 Å². The second kappa shape index (κ2) is 9.79. The molecule has 0 spiro atoms. The highest BCUT2D eigenvalue weighted by Gasteiger charge is 2.61. The van der Waals surface area contributed by atoms with Crippen molar-refractivity contribution < 1.29 is 27.6 Å². The van der Waals surface area contributed by atoms with Gasteiger partial charge in [0.05, 0.1) is 5.25 Å². The largest absolute Gasteiger partial charge is 0.344 e. The minimum absolute atomic E-state index is 0.0192. The third-order valence-corrected chi connectivity index (χ3v) is 9.92.